The average Bonchev–Trinajstić information content (AvgIpc) is 2.90. The zero-order chi connectivity index (χ0) is 10.7. The first-order valence-electron chi connectivity index (χ1n) is 5.62. The van der Waals surface area contributed by atoms with Gasteiger partial charge in [0.05, 0.1) is 0 Å². The van der Waals surface area contributed by atoms with Crippen LogP contribution in [-0.2, 0) is 4.79 Å². The second-order valence-electron chi connectivity index (χ2n) is 4.38. The highest BCUT2D eigenvalue weighted by atomic mass is 16.1. The molecule has 1 aromatic rings. The third kappa shape index (κ3) is 1.68. The molecule has 1 aromatic heterocycles. The summed E-state index contributed by atoms with van der Waals surface area (Å²) in [7, 11) is 0. The van der Waals surface area contributed by atoms with Crippen molar-refractivity contribution in [2.24, 2.45) is 5.41 Å². The van der Waals surface area contributed by atoms with Gasteiger partial charge in [0.2, 0.25) is 0 Å². The number of nitrogens with zero attached hydrogens (tertiary/aromatic N) is 3. The summed E-state index contributed by atoms with van der Waals surface area (Å²) >= 11 is 0. The third-order valence-electron chi connectivity index (χ3n) is 3.78. The van der Waals surface area contributed by atoms with E-state index in [0.717, 1.165) is 25.5 Å². The Morgan fingerprint density at radius 3 is 2.73 bits per heavy atom. The molecule has 0 bridgehead atoms. The number of hydrogen-bond acceptors (Lipinski definition) is 3. The topological polar surface area (TPSA) is 47.8 Å². The van der Waals surface area contributed by atoms with Gasteiger partial charge in [0, 0.05) is 0 Å². The highest BCUT2D eigenvalue weighted by Crippen LogP contribution is 2.48. The molecule has 0 spiro atoms. The molecule has 82 valence electrons. The van der Waals surface area contributed by atoms with Crippen LogP contribution in [0.5, 0.6) is 0 Å². The van der Waals surface area contributed by atoms with E-state index in [4.69, 9.17) is 0 Å². The fourth-order valence-corrected chi connectivity index (χ4v) is 2.79. The van der Waals surface area contributed by atoms with Gasteiger partial charge >= 0.3 is 0 Å². The molecule has 2 rings (SSSR count). The fourth-order valence-electron chi connectivity index (χ4n) is 2.79. The van der Waals surface area contributed by atoms with E-state index < -0.39 is 0 Å². The minimum Gasteiger partial charge on any atom is -0.301 e. The van der Waals surface area contributed by atoms with Gasteiger partial charge in [-0.25, -0.2) is 9.67 Å². The number of carbonyl (C=O) groups excluding carboxylic acids is 1. The van der Waals surface area contributed by atoms with Crippen molar-refractivity contribution in [3.05, 3.63) is 12.7 Å². The third-order valence-corrected chi connectivity index (χ3v) is 3.78. The summed E-state index contributed by atoms with van der Waals surface area (Å²) in [5.41, 5.74) is 0.120. The van der Waals surface area contributed by atoms with Crippen LogP contribution in [-0.4, -0.2) is 21.1 Å². The minimum atomic E-state index is -0.132. The molecule has 15 heavy (non-hydrogen) atoms. The van der Waals surface area contributed by atoms with E-state index in [9.17, 15) is 4.79 Å². The molecule has 0 aromatic carbocycles. The van der Waals surface area contributed by atoms with Gasteiger partial charge < -0.3 is 4.79 Å². The Balaban J connectivity index is 2.28. The monoisotopic (exact) mass is 207 g/mol. The van der Waals surface area contributed by atoms with E-state index >= 15 is 0 Å². The largest absolute Gasteiger partial charge is 0.301 e. The predicted octanol–water partition coefficient (Wildman–Crippen LogP) is 1.99. The molecule has 1 aliphatic carbocycles. The Morgan fingerprint density at radius 2 is 2.27 bits per heavy atom. The summed E-state index contributed by atoms with van der Waals surface area (Å²) in [5.74, 6) is 0. The first-order chi connectivity index (χ1) is 7.32. The van der Waals surface area contributed by atoms with Crippen LogP contribution in [0, 0.1) is 5.41 Å². The second kappa shape index (κ2) is 4.13. The van der Waals surface area contributed by atoms with Crippen LogP contribution in [0.25, 0.3) is 0 Å². The smallest absolute Gasteiger partial charge is 0.145 e. The lowest BCUT2D eigenvalue weighted by molar-refractivity contribution is -0.114. The molecular weight excluding hydrogens is 190 g/mol. The van der Waals surface area contributed by atoms with E-state index in [2.05, 4.69) is 17.0 Å². The van der Waals surface area contributed by atoms with Crippen LogP contribution in [0.2, 0.25) is 0 Å². The van der Waals surface area contributed by atoms with Gasteiger partial charge in [-0.15, -0.1) is 0 Å². The molecule has 1 aliphatic rings. The zero-order valence-electron chi connectivity index (χ0n) is 9.09. The van der Waals surface area contributed by atoms with Crippen molar-refractivity contribution in [1.29, 1.82) is 0 Å². The summed E-state index contributed by atoms with van der Waals surface area (Å²) in [5, 5.41) is 4.10. The summed E-state index contributed by atoms with van der Waals surface area (Å²) in [6.07, 6.45) is 9.93. The highest BCUT2D eigenvalue weighted by molar-refractivity contribution is 5.57. The van der Waals surface area contributed by atoms with Crippen molar-refractivity contribution >= 4 is 6.29 Å². The number of carbonyl (C=O) groups is 1. The van der Waals surface area contributed by atoms with Gasteiger partial charge in [-0.1, -0.05) is 19.8 Å². The second-order valence-corrected chi connectivity index (χ2v) is 4.38. The van der Waals surface area contributed by atoms with E-state index in [1.807, 2.05) is 0 Å². The molecule has 0 radical (unpaired) electrons. The standard InChI is InChI=1S/C11H17N3O/c1-2-11(5-3-4-6-11)10(7-15)14-9-12-8-13-14/h7-10H,2-6H2,1H3. The molecular formula is C11H17N3O. The van der Waals surface area contributed by atoms with Crippen LogP contribution < -0.4 is 0 Å². The molecule has 1 heterocycles. The maximum Gasteiger partial charge on any atom is 0.145 e. The van der Waals surface area contributed by atoms with Crippen LogP contribution in [0.4, 0.5) is 0 Å². The van der Waals surface area contributed by atoms with Crippen molar-refractivity contribution in [3.8, 4) is 0 Å². The Kier molecular flexibility index (Phi) is 2.84. The normalized spacial score (nSPS) is 21.4. The van der Waals surface area contributed by atoms with E-state index in [1.165, 1.54) is 19.2 Å². The van der Waals surface area contributed by atoms with Crippen LogP contribution in [0.15, 0.2) is 12.7 Å². The van der Waals surface area contributed by atoms with Gasteiger partial charge in [-0.05, 0) is 24.7 Å². The number of hydrogen-bond donors (Lipinski definition) is 0. The summed E-state index contributed by atoms with van der Waals surface area (Å²) in [6.45, 7) is 2.17. The van der Waals surface area contributed by atoms with E-state index in [0.29, 0.717) is 0 Å². The SMILES string of the molecule is CCC1(C(C=O)n2cncn2)CCCC1. The van der Waals surface area contributed by atoms with Gasteiger partial charge in [0.1, 0.15) is 25.0 Å². The van der Waals surface area contributed by atoms with Crippen LogP contribution in [0.3, 0.4) is 0 Å². The average molecular weight is 207 g/mol. The molecule has 4 heteroatoms. The first-order valence-corrected chi connectivity index (χ1v) is 5.62. The zero-order valence-corrected chi connectivity index (χ0v) is 9.09. The lowest BCUT2D eigenvalue weighted by atomic mass is 9.77. The Morgan fingerprint density at radius 1 is 1.53 bits per heavy atom. The lowest BCUT2D eigenvalue weighted by Gasteiger charge is -2.33. The summed E-state index contributed by atoms with van der Waals surface area (Å²) in [4.78, 5) is 15.2. The van der Waals surface area contributed by atoms with E-state index in [-0.39, 0.29) is 11.5 Å². The molecule has 0 amide bonds. The van der Waals surface area contributed by atoms with Crippen molar-refractivity contribution in [1.82, 2.24) is 14.8 Å². The molecule has 4 nitrogen and oxygen atoms in total. The quantitative estimate of drug-likeness (QED) is 0.709. The summed E-state index contributed by atoms with van der Waals surface area (Å²) < 4.78 is 1.71. The number of rotatable bonds is 4. The Labute approximate surface area is 89.7 Å². The lowest BCUT2D eigenvalue weighted by Crippen LogP contribution is -2.31. The first kappa shape index (κ1) is 10.3. The molecule has 0 aliphatic heterocycles. The van der Waals surface area contributed by atoms with Crippen molar-refractivity contribution in [2.75, 3.05) is 0 Å². The molecule has 1 fully saturated rings. The maximum absolute atomic E-state index is 11.3. The Bertz CT molecular complexity index is 315. The minimum absolute atomic E-state index is 0.120. The van der Waals surface area contributed by atoms with Crippen molar-refractivity contribution in [2.45, 2.75) is 45.1 Å². The predicted molar refractivity (Wildman–Crippen MR) is 56.3 cm³/mol. The molecule has 1 atom stereocenters. The highest BCUT2D eigenvalue weighted by Gasteiger charge is 2.41. The molecule has 1 saturated carbocycles. The summed E-state index contributed by atoms with van der Waals surface area (Å²) in [6, 6.07) is -0.132. The molecule has 0 saturated heterocycles. The fraction of sp³-hybridized carbons (Fsp3) is 0.727. The van der Waals surface area contributed by atoms with Gasteiger partial charge in [0.25, 0.3) is 0 Å². The van der Waals surface area contributed by atoms with E-state index in [1.54, 1.807) is 11.0 Å². The van der Waals surface area contributed by atoms with Crippen LogP contribution in [0.1, 0.15) is 45.1 Å². The number of aldehydes is 1. The van der Waals surface area contributed by atoms with Gasteiger partial charge in [0.15, 0.2) is 0 Å². The maximum atomic E-state index is 11.3. The van der Waals surface area contributed by atoms with Gasteiger partial charge in [-0.2, -0.15) is 5.10 Å². The van der Waals surface area contributed by atoms with Crippen LogP contribution >= 0.6 is 0 Å². The van der Waals surface area contributed by atoms with Gasteiger partial charge in [-0.3, -0.25) is 0 Å². The molecule has 0 N–H and O–H groups in total. The van der Waals surface area contributed by atoms with Crippen molar-refractivity contribution in [3.63, 3.8) is 0 Å². The molecule has 1 unspecified atom stereocenters. The Hall–Kier alpha value is -1.19. The van der Waals surface area contributed by atoms with Crippen molar-refractivity contribution < 1.29 is 4.79 Å². The number of aromatic nitrogens is 3.